The van der Waals surface area contributed by atoms with Crippen LogP contribution < -0.4 is 0 Å². The third kappa shape index (κ3) is 4.18. The third-order valence-electron chi connectivity index (χ3n) is 3.87. The lowest BCUT2D eigenvalue weighted by molar-refractivity contribution is 0.609. The van der Waals surface area contributed by atoms with E-state index in [4.69, 9.17) is 33.9 Å². The standard InChI is InChI=1S/C19H13Cl3O2S/c20-15-9-10-18(21)17(12-15)19(13-5-2-1-3-6-13)14-7-4-8-16(11-14)25(22,23)24/h1-12,19H. The SMILES string of the molecule is O=S(=O)(Cl)c1cccc(C(c2ccccc2)c2cc(Cl)ccc2Cl)c1. The van der Waals surface area contributed by atoms with Crippen LogP contribution in [0.15, 0.2) is 77.7 Å². The zero-order valence-electron chi connectivity index (χ0n) is 12.9. The number of rotatable bonds is 4. The normalized spacial score (nSPS) is 12.8. The van der Waals surface area contributed by atoms with Gasteiger partial charge in [0.05, 0.1) is 4.90 Å². The maximum atomic E-state index is 11.7. The Labute approximate surface area is 161 Å². The molecule has 2 nitrogen and oxygen atoms in total. The molecule has 1 unspecified atom stereocenters. The second kappa shape index (κ2) is 7.38. The summed E-state index contributed by atoms with van der Waals surface area (Å²) in [6.45, 7) is 0. The van der Waals surface area contributed by atoms with Crippen molar-refractivity contribution in [3.8, 4) is 0 Å². The maximum absolute atomic E-state index is 11.7. The molecule has 0 saturated carbocycles. The van der Waals surface area contributed by atoms with Gasteiger partial charge in [-0.25, -0.2) is 8.42 Å². The van der Waals surface area contributed by atoms with Gasteiger partial charge in [-0.3, -0.25) is 0 Å². The van der Waals surface area contributed by atoms with Crippen LogP contribution in [0.25, 0.3) is 0 Å². The summed E-state index contributed by atoms with van der Waals surface area (Å²) in [5, 5.41) is 1.11. The first-order valence-electron chi connectivity index (χ1n) is 7.41. The van der Waals surface area contributed by atoms with Gasteiger partial charge in [0.2, 0.25) is 0 Å². The summed E-state index contributed by atoms with van der Waals surface area (Å²) < 4.78 is 23.4. The molecule has 0 aliphatic heterocycles. The smallest absolute Gasteiger partial charge is 0.207 e. The number of hydrogen-bond donors (Lipinski definition) is 0. The number of hydrogen-bond acceptors (Lipinski definition) is 2. The van der Waals surface area contributed by atoms with E-state index in [-0.39, 0.29) is 10.8 Å². The first kappa shape index (κ1) is 18.3. The van der Waals surface area contributed by atoms with E-state index < -0.39 is 9.05 Å². The highest BCUT2D eigenvalue weighted by Crippen LogP contribution is 2.38. The van der Waals surface area contributed by atoms with Crippen LogP contribution in [0.1, 0.15) is 22.6 Å². The molecule has 0 radical (unpaired) electrons. The number of benzene rings is 3. The monoisotopic (exact) mass is 410 g/mol. The van der Waals surface area contributed by atoms with Gasteiger partial charge in [-0.2, -0.15) is 0 Å². The van der Waals surface area contributed by atoms with E-state index in [9.17, 15) is 8.42 Å². The average molecular weight is 412 g/mol. The Kier molecular flexibility index (Phi) is 5.40. The molecule has 1 atom stereocenters. The predicted molar refractivity (Wildman–Crippen MR) is 103 cm³/mol. The maximum Gasteiger partial charge on any atom is 0.261 e. The second-order valence-corrected chi connectivity index (χ2v) is 8.93. The molecular formula is C19H13Cl3O2S. The van der Waals surface area contributed by atoms with Crippen LogP contribution in [0.5, 0.6) is 0 Å². The summed E-state index contributed by atoms with van der Waals surface area (Å²) in [7, 11) is 1.68. The van der Waals surface area contributed by atoms with E-state index in [1.807, 2.05) is 36.4 Å². The Hall–Kier alpha value is -1.52. The molecule has 0 aromatic heterocycles. The minimum atomic E-state index is -3.83. The lowest BCUT2D eigenvalue weighted by Gasteiger charge is -2.21. The molecular weight excluding hydrogens is 399 g/mol. The minimum absolute atomic E-state index is 0.0470. The van der Waals surface area contributed by atoms with Gasteiger partial charge in [-0.05, 0) is 47.0 Å². The zero-order valence-corrected chi connectivity index (χ0v) is 15.9. The van der Waals surface area contributed by atoms with Crippen LogP contribution in [0.2, 0.25) is 10.0 Å². The summed E-state index contributed by atoms with van der Waals surface area (Å²) in [4.78, 5) is 0.0470. The lowest BCUT2D eigenvalue weighted by atomic mass is 9.85. The Bertz CT molecular complexity index is 1000. The van der Waals surface area contributed by atoms with Gasteiger partial charge in [-0.1, -0.05) is 65.7 Å². The van der Waals surface area contributed by atoms with E-state index in [0.717, 1.165) is 16.7 Å². The summed E-state index contributed by atoms with van der Waals surface area (Å²) in [5.41, 5.74) is 2.53. The second-order valence-electron chi connectivity index (χ2n) is 5.52. The van der Waals surface area contributed by atoms with Gasteiger partial charge in [0.1, 0.15) is 0 Å². The predicted octanol–water partition coefficient (Wildman–Crippen LogP) is 6.10. The fraction of sp³-hybridized carbons (Fsp3) is 0.0526. The molecule has 0 fully saturated rings. The van der Waals surface area contributed by atoms with Crippen molar-refractivity contribution in [3.63, 3.8) is 0 Å². The highest BCUT2D eigenvalue weighted by molar-refractivity contribution is 8.13. The van der Waals surface area contributed by atoms with Gasteiger partial charge in [0.25, 0.3) is 9.05 Å². The van der Waals surface area contributed by atoms with Crippen molar-refractivity contribution in [1.29, 1.82) is 0 Å². The fourth-order valence-corrected chi connectivity index (χ4v) is 3.99. The molecule has 0 aliphatic carbocycles. The number of halogens is 3. The Morgan fingerprint density at radius 1 is 0.760 bits per heavy atom. The van der Waals surface area contributed by atoms with Crippen molar-refractivity contribution in [1.82, 2.24) is 0 Å². The van der Waals surface area contributed by atoms with Gasteiger partial charge < -0.3 is 0 Å². The molecule has 25 heavy (non-hydrogen) atoms. The van der Waals surface area contributed by atoms with Crippen LogP contribution in [-0.4, -0.2) is 8.42 Å². The molecule has 3 rings (SSSR count). The minimum Gasteiger partial charge on any atom is -0.207 e. The van der Waals surface area contributed by atoms with E-state index in [2.05, 4.69) is 0 Å². The van der Waals surface area contributed by atoms with Gasteiger partial charge in [-0.15, -0.1) is 0 Å². The van der Waals surface area contributed by atoms with Crippen LogP contribution >= 0.6 is 33.9 Å². The summed E-state index contributed by atoms with van der Waals surface area (Å²) in [5.74, 6) is -0.272. The van der Waals surface area contributed by atoms with Crippen molar-refractivity contribution in [2.24, 2.45) is 0 Å². The van der Waals surface area contributed by atoms with E-state index >= 15 is 0 Å². The van der Waals surface area contributed by atoms with Crippen molar-refractivity contribution < 1.29 is 8.42 Å². The molecule has 128 valence electrons. The molecule has 0 amide bonds. The lowest BCUT2D eigenvalue weighted by Crippen LogP contribution is -2.05. The largest absolute Gasteiger partial charge is 0.261 e. The van der Waals surface area contributed by atoms with Gasteiger partial charge in [0, 0.05) is 26.6 Å². The van der Waals surface area contributed by atoms with Gasteiger partial charge in [0.15, 0.2) is 0 Å². The topological polar surface area (TPSA) is 34.1 Å². The molecule has 0 saturated heterocycles. The van der Waals surface area contributed by atoms with Crippen molar-refractivity contribution >= 4 is 42.9 Å². The molecule has 0 heterocycles. The van der Waals surface area contributed by atoms with E-state index in [0.29, 0.717) is 10.0 Å². The molecule has 3 aromatic carbocycles. The summed E-state index contributed by atoms with van der Waals surface area (Å²) in [6, 6.07) is 21.5. The van der Waals surface area contributed by atoms with Crippen LogP contribution in [0.4, 0.5) is 0 Å². The highest BCUT2D eigenvalue weighted by Gasteiger charge is 2.21. The molecule has 0 bridgehead atoms. The van der Waals surface area contributed by atoms with Crippen molar-refractivity contribution in [3.05, 3.63) is 99.5 Å². The zero-order chi connectivity index (χ0) is 18.0. The quantitative estimate of drug-likeness (QED) is 0.384. The summed E-state index contributed by atoms with van der Waals surface area (Å²) >= 11 is 12.6. The molecule has 0 aliphatic rings. The molecule has 0 spiro atoms. The van der Waals surface area contributed by atoms with Crippen molar-refractivity contribution in [2.75, 3.05) is 0 Å². The Balaban J connectivity index is 2.25. The van der Waals surface area contributed by atoms with Crippen LogP contribution in [0.3, 0.4) is 0 Å². The first-order chi connectivity index (χ1) is 11.9. The molecule has 0 N–H and O–H groups in total. The van der Waals surface area contributed by atoms with E-state index in [1.54, 1.807) is 30.3 Å². The Morgan fingerprint density at radius 3 is 2.12 bits per heavy atom. The summed E-state index contributed by atoms with van der Waals surface area (Å²) in [6.07, 6.45) is 0. The first-order valence-corrected chi connectivity index (χ1v) is 10.5. The molecule has 3 aromatic rings. The average Bonchev–Trinajstić information content (AvgIpc) is 2.59. The van der Waals surface area contributed by atoms with Crippen LogP contribution in [0, 0.1) is 0 Å². The van der Waals surface area contributed by atoms with Gasteiger partial charge >= 0.3 is 0 Å². The molecule has 6 heteroatoms. The highest BCUT2D eigenvalue weighted by atomic mass is 35.7. The third-order valence-corrected chi connectivity index (χ3v) is 5.81. The van der Waals surface area contributed by atoms with Crippen molar-refractivity contribution in [2.45, 2.75) is 10.8 Å². The Morgan fingerprint density at radius 2 is 1.44 bits per heavy atom. The van der Waals surface area contributed by atoms with E-state index in [1.165, 1.54) is 6.07 Å². The fourth-order valence-electron chi connectivity index (χ4n) is 2.78. The van der Waals surface area contributed by atoms with Crippen LogP contribution in [-0.2, 0) is 9.05 Å².